The summed E-state index contributed by atoms with van der Waals surface area (Å²) < 4.78 is 0. The molecule has 2 saturated heterocycles. The molecule has 2 aromatic rings. The van der Waals surface area contributed by atoms with Gasteiger partial charge in [0, 0.05) is 68.7 Å². The number of amides is 2. The van der Waals surface area contributed by atoms with Crippen LogP contribution in [-0.4, -0.2) is 76.9 Å². The van der Waals surface area contributed by atoms with Crippen LogP contribution in [0.25, 0.3) is 0 Å². The van der Waals surface area contributed by atoms with Crippen LogP contribution in [0.3, 0.4) is 0 Å². The molecule has 3 aliphatic rings. The number of carbonyl (C=O) groups is 2. The monoisotopic (exact) mass is 482 g/mol. The van der Waals surface area contributed by atoms with Gasteiger partial charge in [0.2, 0.25) is 11.9 Å². The third-order valence-electron chi connectivity index (χ3n) is 7.23. The van der Waals surface area contributed by atoms with Crippen molar-refractivity contribution in [2.24, 2.45) is 0 Å². The molecule has 0 radical (unpaired) electrons. The van der Waals surface area contributed by atoms with Crippen LogP contribution in [0.5, 0.6) is 0 Å². The molecule has 1 unspecified atom stereocenters. The van der Waals surface area contributed by atoms with Gasteiger partial charge in [0.25, 0.3) is 5.91 Å². The zero-order valence-electron chi connectivity index (χ0n) is 20.0. The summed E-state index contributed by atoms with van der Waals surface area (Å²) in [5.41, 5.74) is 2.73. The number of nitrogens with zero attached hydrogens (tertiary/aromatic N) is 6. The highest BCUT2D eigenvalue weighted by Gasteiger charge is 2.38. The highest BCUT2D eigenvalue weighted by molar-refractivity contribution is 6.30. The summed E-state index contributed by atoms with van der Waals surface area (Å²) in [6, 6.07) is 8.19. The number of halogens is 1. The third kappa shape index (κ3) is 4.19. The second-order valence-electron chi connectivity index (χ2n) is 9.68. The summed E-state index contributed by atoms with van der Waals surface area (Å²) in [5, 5.41) is 0.744. The zero-order valence-corrected chi connectivity index (χ0v) is 20.8. The first-order chi connectivity index (χ1) is 16.3. The van der Waals surface area contributed by atoms with Crippen molar-refractivity contribution in [3.8, 4) is 0 Å². The van der Waals surface area contributed by atoms with Crippen molar-refractivity contribution in [3.05, 3.63) is 46.1 Å². The molecular formula is C25H31ClN6O2. The smallest absolute Gasteiger partial charge is 0.273 e. The Morgan fingerprint density at radius 3 is 2.38 bits per heavy atom. The molecule has 0 spiro atoms. The lowest BCUT2D eigenvalue weighted by atomic mass is 9.99. The Bertz CT molecular complexity index is 1100. The largest absolute Gasteiger partial charge is 0.356 e. The molecule has 0 saturated carbocycles. The lowest BCUT2D eigenvalue weighted by Crippen LogP contribution is -2.48. The first-order valence-corrected chi connectivity index (χ1v) is 12.4. The Morgan fingerprint density at radius 2 is 1.74 bits per heavy atom. The number of hydrogen-bond acceptors (Lipinski definition) is 6. The highest BCUT2D eigenvalue weighted by Crippen LogP contribution is 2.37. The normalized spacial score (nSPS) is 20.5. The molecule has 9 heteroatoms. The lowest BCUT2D eigenvalue weighted by molar-refractivity contribution is -0.129. The van der Waals surface area contributed by atoms with E-state index in [0.29, 0.717) is 50.3 Å². The first kappa shape index (κ1) is 22.9. The number of hydrogen-bond donors (Lipinski definition) is 0. The van der Waals surface area contributed by atoms with Crippen molar-refractivity contribution in [1.82, 2.24) is 19.8 Å². The molecule has 1 aromatic heterocycles. The van der Waals surface area contributed by atoms with Gasteiger partial charge in [-0.25, -0.2) is 4.98 Å². The molecule has 1 aromatic carbocycles. The molecule has 0 aliphatic carbocycles. The Labute approximate surface area is 205 Å². The fourth-order valence-corrected chi connectivity index (χ4v) is 5.29. The second-order valence-corrected chi connectivity index (χ2v) is 10.1. The standard InChI is InChI=1S/C25H31ClN6O2/c1-16(2)32-15-21-22(24(32)34)27-25(30-12-10-29(11-13-30)17(3)33)28-23(21)31-9-8-19(14-31)18-4-6-20(26)7-5-18/h4-7,16,19H,8-15H2,1-3H3. The van der Waals surface area contributed by atoms with E-state index >= 15 is 0 Å². The van der Waals surface area contributed by atoms with Gasteiger partial charge in [0.15, 0.2) is 0 Å². The minimum atomic E-state index is -0.0225. The highest BCUT2D eigenvalue weighted by atomic mass is 35.5. The molecule has 34 heavy (non-hydrogen) atoms. The van der Waals surface area contributed by atoms with E-state index in [0.717, 1.165) is 35.9 Å². The van der Waals surface area contributed by atoms with Crippen molar-refractivity contribution in [2.75, 3.05) is 49.1 Å². The number of fused-ring (bicyclic) bond motifs is 1. The maximum atomic E-state index is 13.2. The fourth-order valence-electron chi connectivity index (χ4n) is 5.16. The lowest BCUT2D eigenvalue weighted by Gasteiger charge is -2.34. The molecule has 4 heterocycles. The first-order valence-electron chi connectivity index (χ1n) is 12.0. The van der Waals surface area contributed by atoms with Crippen LogP contribution in [0.4, 0.5) is 11.8 Å². The molecule has 0 N–H and O–H groups in total. The summed E-state index contributed by atoms with van der Waals surface area (Å²) in [7, 11) is 0. The zero-order chi connectivity index (χ0) is 24.0. The topological polar surface area (TPSA) is 72.9 Å². The van der Waals surface area contributed by atoms with Crippen molar-refractivity contribution in [1.29, 1.82) is 0 Å². The Hall–Kier alpha value is -2.87. The molecule has 180 valence electrons. The van der Waals surface area contributed by atoms with Gasteiger partial charge in [-0.3, -0.25) is 9.59 Å². The van der Waals surface area contributed by atoms with Crippen LogP contribution in [0.1, 0.15) is 54.7 Å². The Balaban J connectivity index is 1.45. The molecule has 8 nitrogen and oxygen atoms in total. The average molecular weight is 483 g/mol. The quantitative estimate of drug-likeness (QED) is 0.666. The minimum absolute atomic E-state index is 0.0225. The second kappa shape index (κ2) is 9.06. The van der Waals surface area contributed by atoms with E-state index in [1.165, 1.54) is 5.56 Å². The van der Waals surface area contributed by atoms with Crippen LogP contribution in [-0.2, 0) is 11.3 Å². The SMILES string of the molecule is CC(=O)N1CCN(c2nc3c(c(N4CCC(c5ccc(Cl)cc5)C4)n2)CN(C(C)C)C3=O)CC1. The van der Waals surface area contributed by atoms with Gasteiger partial charge < -0.3 is 19.6 Å². The number of rotatable bonds is 4. The van der Waals surface area contributed by atoms with E-state index in [1.54, 1.807) is 6.92 Å². The van der Waals surface area contributed by atoms with E-state index in [-0.39, 0.29) is 17.9 Å². The Morgan fingerprint density at radius 1 is 1.03 bits per heavy atom. The summed E-state index contributed by atoms with van der Waals surface area (Å²) in [4.78, 5) is 42.9. The van der Waals surface area contributed by atoms with Gasteiger partial charge in [-0.05, 0) is 38.0 Å². The van der Waals surface area contributed by atoms with E-state index < -0.39 is 0 Å². The molecule has 2 amide bonds. The fraction of sp³-hybridized carbons (Fsp3) is 0.520. The van der Waals surface area contributed by atoms with Gasteiger partial charge >= 0.3 is 0 Å². The van der Waals surface area contributed by atoms with E-state index in [2.05, 4.69) is 21.9 Å². The van der Waals surface area contributed by atoms with E-state index in [9.17, 15) is 9.59 Å². The van der Waals surface area contributed by atoms with Crippen molar-refractivity contribution in [2.45, 2.75) is 45.7 Å². The van der Waals surface area contributed by atoms with Gasteiger partial charge in [0.05, 0.1) is 6.54 Å². The molecular weight excluding hydrogens is 452 g/mol. The van der Waals surface area contributed by atoms with Crippen LogP contribution < -0.4 is 9.80 Å². The van der Waals surface area contributed by atoms with Gasteiger partial charge in [-0.2, -0.15) is 4.98 Å². The predicted molar refractivity (Wildman–Crippen MR) is 133 cm³/mol. The number of carbonyl (C=O) groups excluding carboxylic acids is 2. The summed E-state index contributed by atoms with van der Waals surface area (Å²) >= 11 is 6.09. The van der Waals surface area contributed by atoms with Gasteiger partial charge in [0.1, 0.15) is 11.5 Å². The summed E-state index contributed by atoms with van der Waals surface area (Å²) in [6.45, 7) is 10.5. The Kier molecular flexibility index (Phi) is 6.10. The minimum Gasteiger partial charge on any atom is -0.356 e. The molecule has 5 rings (SSSR count). The van der Waals surface area contributed by atoms with Crippen LogP contribution in [0.15, 0.2) is 24.3 Å². The number of anilines is 2. The number of piperazine rings is 1. The summed E-state index contributed by atoms with van der Waals surface area (Å²) in [6.07, 6.45) is 1.02. The number of aromatic nitrogens is 2. The number of benzene rings is 1. The maximum Gasteiger partial charge on any atom is 0.273 e. The predicted octanol–water partition coefficient (Wildman–Crippen LogP) is 3.16. The van der Waals surface area contributed by atoms with Crippen molar-refractivity contribution in [3.63, 3.8) is 0 Å². The molecule has 1 atom stereocenters. The van der Waals surface area contributed by atoms with Crippen molar-refractivity contribution < 1.29 is 9.59 Å². The van der Waals surface area contributed by atoms with Crippen LogP contribution >= 0.6 is 11.6 Å². The van der Waals surface area contributed by atoms with Crippen LogP contribution in [0.2, 0.25) is 5.02 Å². The van der Waals surface area contributed by atoms with Gasteiger partial charge in [-0.1, -0.05) is 23.7 Å². The van der Waals surface area contributed by atoms with Crippen LogP contribution in [0, 0.1) is 0 Å². The summed E-state index contributed by atoms with van der Waals surface area (Å²) in [5.74, 6) is 1.92. The average Bonchev–Trinajstić information content (AvgIpc) is 3.44. The van der Waals surface area contributed by atoms with Gasteiger partial charge in [-0.15, -0.1) is 0 Å². The van der Waals surface area contributed by atoms with E-state index in [4.69, 9.17) is 21.6 Å². The van der Waals surface area contributed by atoms with E-state index in [1.807, 2.05) is 35.8 Å². The maximum absolute atomic E-state index is 13.2. The molecule has 2 fully saturated rings. The van der Waals surface area contributed by atoms with Crippen molar-refractivity contribution >= 4 is 35.2 Å². The molecule has 3 aliphatic heterocycles. The third-order valence-corrected chi connectivity index (χ3v) is 7.48. The molecule has 0 bridgehead atoms.